The number of benzene rings is 3. The lowest BCUT2D eigenvalue weighted by Gasteiger charge is -2.29. The van der Waals surface area contributed by atoms with Crippen LogP contribution < -0.4 is 4.90 Å². The number of rotatable bonds is 6. The second-order valence-electron chi connectivity index (χ2n) is 10.2. The Kier molecular flexibility index (Phi) is 5.24. The van der Waals surface area contributed by atoms with Crippen LogP contribution in [0.5, 0.6) is 0 Å². The van der Waals surface area contributed by atoms with Gasteiger partial charge in [0.1, 0.15) is 5.82 Å². The molecule has 1 fully saturated rings. The zero-order valence-electron chi connectivity index (χ0n) is 20.9. The van der Waals surface area contributed by atoms with Gasteiger partial charge in [0.25, 0.3) is 0 Å². The van der Waals surface area contributed by atoms with Crippen LogP contribution in [0.3, 0.4) is 0 Å². The number of para-hydroxylation sites is 1. The highest BCUT2D eigenvalue weighted by Crippen LogP contribution is 2.51. The van der Waals surface area contributed by atoms with Crippen molar-refractivity contribution in [3.8, 4) is 11.1 Å². The van der Waals surface area contributed by atoms with Gasteiger partial charge in [-0.1, -0.05) is 68.8 Å². The normalized spacial score (nSPS) is 17.5. The molecule has 1 unspecified atom stereocenters. The minimum atomic E-state index is 0.296. The van der Waals surface area contributed by atoms with Crippen molar-refractivity contribution >= 4 is 16.7 Å². The Morgan fingerprint density at radius 3 is 2.50 bits per heavy atom. The van der Waals surface area contributed by atoms with Crippen LogP contribution in [0, 0.1) is 6.92 Å². The molecule has 0 bridgehead atoms. The Morgan fingerprint density at radius 1 is 0.971 bits per heavy atom. The molecule has 6 rings (SSSR count). The van der Waals surface area contributed by atoms with Crippen LogP contribution in [0.2, 0.25) is 0 Å². The van der Waals surface area contributed by atoms with Gasteiger partial charge in [-0.25, -0.2) is 4.98 Å². The fourth-order valence-corrected chi connectivity index (χ4v) is 6.15. The first-order valence-corrected chi connectivity index (χ1v) is 13.0. The van der Waals surface area contributed by atoms with E-state index in [1.165, 1.54) is 75.2 Å². The lowest BCUT2D eigenvalue weighted by Crippen LogP contribution is -2.29. The fraction of sp³-hybridized carbons (Fsp3) is 0.387. The second kappa shape index (κ2) is 8.30. The van der Waals surface area contributed by atoms with E-state index in [9.17, 15) is 0 Å². The van der Waals surface area contributed by atoms with Crippen molar-refractivity contribution < 1.29 is 0 Å². The third kappa shape index (κ3) is 3.36. The first-order valence-electron chi connectivity index (χ1n) is 13.0. The SMILES string of the molecule is CCCc1cc(CC)c2c(c1)nc(C1Cc3cccc(-c4ccccc4C)c3N1C1CC1)n2C. The molecule has 2 aliphatic rings. The van der Waals surface area contributed by atoms with Gasteiger partial charge in [-0.05, 0) is 66.5 Å². The number of anilines is 1. The molecule has 1 aromatic heterocycles. The highest BCUT2D eigenvalue weighted by molar-refractivity contribution is 5.86. The molecule has 3 nitrogen and oxygen atoms in total. The van der Waals surface area contributed by atoms with Crippen LogP contribution in [0.15, 0.2) is 54.6 Å². The lowest BCUT2D eigenvalue weighted by atomic mass is 9.96. The van der Waals surface area contributed by atoms with E-state index >= 15 is 0 Å². The summed E-state index contributed by atoms with van der Waals surface area (Å²) in [4.78, 5) is 8.06. The molecular formula is C31H35N3. The molecule has 34 heavy (non-hydrogen) atoms. The molecule has 3 heteroatoms. The average Bonchev–Trinajstić information content (AvgIpc) is 3.53. The summed E-state index contributed by atoms with van der Waals surface area (Å²) in [6.45, 7) is 6.76. The Morgan fingerprint density at radius 2 is 1.76 bits per heavy atom. The van der Waals surface area contributed by atoms with E-state index in [4.69, 9.17) is 4.98 Å². The van der Waals surface area contributed by atoms with Crippen molar-refractivity contribution in [2.24, 2.45) is 7.05 Å². The molecule has 174 valence electrons. The zero-order chi connectivity index (χ0) is 23.4. The lowest BCUT2D eigenvalue weighted by molar-refractivity contribution is 0.596. The van der Waals surface area contributed by atoms with Gasteiger partial charge in [-0.3, -0.25) is 0 Å². The molecule has 3 aromatic carbocycles. The van der Waals surface area contributed by atoms with Gasteiger partial charge < -0.3 is 9.47 Å². The van der Waals surface area contributed by atoms with E-state index in [-0.39, 0.29) is 0 Å². The van der Waals surface area contributed by atoms with Crippen molar-refractivity contribution in [1.82, 2.24) is 9.55 Å². The topological polar surface area (TPSA) is 21.1 Å². The summed E-state index contributed by atoms with van der Waals surface area (Å²) in [7, 11) is 2.24. The number of nitrogens with zero attached hydrogens (tertiary/aromatic N) is 3. The molecule has 1 aliphatic carbocycles. The van der Waals surface area contributed by atoms with E-state index < -0.39 is 0 Å². The van der Waals surface area contributed by atoms with E-state index in [1.54, 1.807) is 0 Å². The number of hydrogen-bond acceptors (Lipinski definition) is 2. The van der Waals surface area contributed by atoms with Crippen LogP contribution in [-0.4, -0.2) is 15.6 Å². The number of imidazole rings is 1. The van der Waals surface area contributed by atoms with Crippen LogP contribution in [-0.2, 0) is 26.3 Å². The molecule has 0 amide bonds. The van der Waals surface area contributed by atoms with Crippen molar-refractivity contribution in [2.45, 2.75) is 71.4 Å². The molecule has 0 radical (unpaired) electrons. The van der Waals surface area contributed by atoms with Gasteiger partial charge in [0.2, 0.25) is 0 Å². The van der Waals surface area contributed by atoms with Gasteiger partial charge in [-0.15, -0.1) is 0 Å². The third-order valence-electron chi connectivity index (χ3n) is 7.86. The molecule has 0 saturated heterocycles. The van der Waals surface area contributed by atoms with Crippen molar-refractivity contribution in [1.29, 1.82) is 0 Å². The maximum atomic E-state index is 5.33. The molecular weight excluding hydrogens is 414 g/mol. The predicted molar refractivity (Wildman–Crippen MR) is 143 cm³/mol. The quantitative estimate of drug-likeness (QED) is 0.307. The van der Waals surface area contributed by atoms with Gasteiger partial charge in [0.05, 0.1) is 17.1 Å². The minimum Gasteiger partial charge on any atom is -0.357 e. The van der Waals surface area contributed by atoms with Crippen molar-refractivity contribution in [2.75, 3.05) is 4.90 Å². The smallest absolute Gasteiger partial charge is 0.132 e. The largest absolute Gasteiger partial charge is 0.357 e. The number of hydrogen-bond donors (Lipinski definition) is 0. The molecule has 1 saturated carbocycles. The van der Waals surface area contributed by atoms with Crippen LogP contribution in [0.1, 0.15) is 67.2 Å². The van der Waals surface area contributed by atoms with E-state index in [1.807, 2.05) is 0 Å². The van der Waals surface area contributed by atoms with E-state index in [0.717, 1.165) is 19.3 Å². The molecule has 0 N–H and O–H groups in total. The van der Waals surface area contributed by atoms with Crippen molar-refractivity contribution in [3.63, 3.8) is 0 Å². The Bertz CT molecular complexity index is 1380. The Balaban J connectivity index is 1.50. The maximum absolute atomic E-state index is 5.33. The number of aromatic nitrogens is 2. The van der Waals surface area contributed by atoms with Gasteiger partial charge >= 0.3 is 0 Å². The molecule has 0 spiro atoms. The van der Waals surface area contributed by atoms with Gasteiger partial charge in [0.15, 0.2) is 0 Å². The summed E-state index contributed by atoms with van der Waals surface area (Å²) in [5, 5.41) is 0. The maximum Gasteiger partial charge on any atom is 0.132 e. The predicted octanol–water partition coefficient (Wildman–Crippen LogP) is 7.33. The molecule has 1 atom stereocenters. The fourth-order valence-electron chi connectivity index (χ4n) is 6.15. The second-order valence-corrected chi connectivity index (χ2v) is 10.2. The van der Waals surface area contributed by atoms with Crippen molar-refractivity contribution in [3.05, 3.63) is 82.7 Å². The monoisotopic (exact) mass is 449 g/mol. The molecule has 2 heterocycles. The molecule has 1 aliphatic heterocycles. The van der Waals surface area contributed by atoms with E-state index in [2.05, 4.69) is 91.9 Å². The summed E-state index contributed by atoms with van der Waals surface area (Å²) in [6.07, 6.45) is 6.93. The molecule has 4 aromatic rings. The van der Waals surface area contributed by atoms with E-state index in [0.29, 0.717) is 12.1 Å². The minimum absolute atomic E-state index is 0.296. The summed E-state index contributed by atoms with van der Waals surface area (Å²) in [6, 6.07) is 21.4. The summed E-state index contributed by atoms with van der Waals surface area (Å²) in [5.74, 6) is 1.22. The summed E-state index contributed by atoms with van der Waals surface area (Å²) < 4.78 is 2.41. The van der Waals surface area contributed by atoms with Crippen LogP contribution >= 0.6 is 0 Å². The van der Waals surface area contributed by atoms with Crippen LogP contribution in [0.25, 0.3) is 22.2 Å². The van der Waals surface area contributed by atoms with Crippen LogP contribution in [0.4, 0.5) is 5.69 Å². The standard InChI is InChI=1S/C31H35N3/c1-5-10-21-17-22(6-2)30-27(18-21)32-31(33(30)4)28-19-23-12-9-14-26(25-13-8-7-11-20(25)3)29(23)34(28)24-15-16-24/h7-9,11-14,17-18,24,28H,5-6,10,15-16,19H2,1-4H3. The highest BCUT2D eigenvalue weighted by Gasteiger charge is 2.43. The van der Waals surface area contributed by atoms with Gasteiger partial charge in [-0.2, -0.15) is 0 Å². The number of aryl methyl sites for hydroxylation is 4. The Hall–Kier alpha value is -3.07. The average molecular weight is 450 g/mol. The summed E-state index contributed by atoms with van der Waals surface area (Å²) in [5.41, 5.74) is 12.3. The van der Waals surface area contributed by atoms with Gasteiger partial charge in [0, 0.05) is 30.8 Å². The zero-order valence-corrected chi connectivity index (χ0v) is 20.9. The first-order chi connectivity index (χ1) is 16.6. The first kappa shape index (κ1) is 21.5. The number of fused-ring (bicyclic) bond motifs is 2. The third-order valence-corrected chi connectivity index (χ3v) is 7.86. The highest BCUT2D eigenvalue weighted by atomic mass is 15.3. The Labute approximate surface area is 203 Å². The summed E-state index contributed by atoms with van der Waals surface area (Å²) >= 11 is 0.